The molecule has 3 nitrogen and oxygen atoms in total. The number of pyridine rings is 1. The summed E-state index contributed by atoms with van der Waals surface area (Å²) < 4.78 is 0. The van der Waals surface area contributed by atoms with Crippen LogP contribution < -0.4 is 5.32 Å². The molecule has 17 heavy (non-hydrogen) atoms. The van der Waals surface area contributed by atoms with E-state index < -0.39 is 0 Å². The lowest BCUT2D eigenvalue weighted by Gasteiger charge is -2.20. The van der Waals surface area contributed by atoms with Crippen LogP contribution >= 0.6 is 11.6 Å². The number of halogens is 1. The van der Waals surface area contributed by atoms with E-state index in [1.165, 1.54) is 0 Å². The van der Waals surface area contributed by atoms with Gasteiger partial charge in [0.05, 0.1) is 0 Å². The molecule has 1 atom stereocenters. The van der Waals surface area contributed by atoms with Gasteiger partial charge in [0.25, 0.3) is 0 Å². The highest BCUT2D eigenvalue weighted by Crippen LogP contribution is 2.28. The summed E-state index contributed by atoms with van der Waals surface area (Å²) in [6, 6.07) is 3.77. The zero-order valence-electron chi connectivity index (χ0n) is 10.5. The van der Waals surface area contributed by atoms with Gasteiger partial charge >= 0.3 is 0 Å². The minimum Gasteiger partial charge on any atom is -0.359 e. The predicted octanol–water partition coefficient (Wildman–Crippen LogP) is 2.92. The summed E-state index contributed by atoms with van der Waals surface area (Å²) in [6.45, 7) is 6.92. The molecule has 1 aromatic rings. The maximum Gasteiger partial charge on any atom is 0.207 e. The van der Waals surface area contributed by atoms with E-state index in [1.54, 1.807) is 0 Å². The van der Waals surface area contributed by atoms with E-state index in [2.05, 4.69) is 24.1 Å². The molecule has 1 amide bonds. The van der Waals surface area contributed by atoms with Gasteiger partial charge in [-0.25, -0.2) is 0 Å². The third kappa shape index (κ3) is 4.35. The van der Waals surface area contributed by atoms with Gasteiger partial charge < -0.3 is 5.32 Å². The van der Waals surface area contributed by atoms with Crippen molar-refractivity contribution in [1.82, 2.24) is 10.3 Å². The van der Waals surface area contributed by atoms with Crippen molar-refractivity contribution < 1.29 is 4.79 Å². The Kier molecular flexibility index (Phi) is 5.42. The fraction of sp³-hybridized carbons (Fsp3) is 0.538. The fourth-order valence-electron chi connectivity index (χ4n) is 1.96. The van der Waals surface area contributed by atoms with Crippen molar-refractivity contribution in [2.24, 2.45) is 5.92 Å². The van der Waals surface area contributed by atoms with Gasteiger partial charge in [0, 0.05) is 28.9 Å². The molecule has 1 heterocycles. The molecule has 0 aliphatic heterocycles. The third-order valence-electron chi connectivity index (χ3n) is 2.81. The van der Waals surface area contributed by atoms with Crippen molar-refractivity contribution in [1.29, 1.82) is 0 Å². The maximum atomic E-state index is 10.3. The summed E-state index contributed by atoms with van der Waals surface area (Å²) in [5.41, 5.74) is 1.94. The second kappa shape index (κ2) is 6.60. The Morgan fingerprint density at radius 2 is 2.18 bits per heavy atom. The smallest absolute Gasteiger partial charge is 0.207 e. The topological polar surface area (TPSA) is 42.0 Å². The standard InChI is InChI=1S/C13H19ClN2O/c1-9(2)12(4-5-15-8-17)13-7-11(14)6-10(3)16-13/h6-9,12H,4-5H2,1-3H3,(H,15,17). The van der Waals surface area contributed by atoms with Gasteiger partial charge in [-0.05, 0) is 31.4 Å². The lowest BCUT2D eigenvalue weighted by atomic mass is 9.89. The van der Waals surface area contributed by atoms with Gasteiger partial charge in [0.1, 0.15) is 0 Å². The Balaban J connectivity index is 2.85. The van der Waals surface area contributed by atoms with E-state index in [-0.39, 0.29) is 0 Å². The van der Waals surface area contributed by atoms with E-state index in [1.807, 2.05) is 19.1 Å². The van der Waals surface area contributed by atoms with Crippen LogP contribution in [0.2, 0.25) is 5.02 Å². The lowest BCUT2D eigenvalue weighted by molar-refractivity contribution is -0.109. The molecule has 0 saturated carbocycles. The number of carbonyl (C=O) groups excluding carboxylic acids is 1. The first-order valence-corrected chi connectivity index (χ1v) is 6.23. The van der Waals surface area contributed by atoms with Gasteiger partial charge in [-0.2, -0.15) is 0 Å². The predicted molar refractivity (Wildman–Crippen MR) is 70.2 cm³/mol. The monoisotopic (exact) mass is 254 g/mol. The van der Waals surface area contributed by atoms with Crippen molar-refractivity contribution in [3.05, 3.63) is 28.5 Å². The second-order valence-electron chi connectivity index (χ2n) is 4.56. The Morgan fingerprint density at radius 3 is 2.71 bits per heavy atom. The van der Waals surface area contributed by atoms with Crippen LogP contribution in [0.15, 0.2) is 12.1 Å². The molecule has 4 heteroatoms. The van der Waals surface area contributed by atoms with Crippen molar-refractivity contribution in [2.45, 2.75) is 33.1 Å². The van der Waals surface area contributed by atoms with Gasteiger partial charge in [-0.3, -0.25) is 9.78 Å². The highest BCUT2D eigenvalue weighted by atomic mass is 35.5. The first-order chi connectivity index (χ1) is 8.04. The molecule has 0 spiro atoms. The molecule has 1 aromatic heterocycles. The fourth-order valence-corrected chi connectivity index (χ4v) is 2.23. The number of hydrogen-bond donors (Lipinski definition) is 1. The van der Waals surface area contributed by atoms with Crippen LogP contribution in [0, 0.1) is 12.8 Å². The molecule has 0 bridgehead atoms. The van der Waals surface area contributed by atoms with Crippen molar-refractivity contribution >= 4 is 18.0 Å². The number of aromatic nitrogens is 1. The average Bonchev–Trinajstić information content (AvgIpc) is 2.22. The first-order valence-electron chi connectivity index (χ1n) is 5.85. The number of nitrogens with zero attached hydrogens (tertiary/aromatic N) is 1. The van der Waals surface area contributed by atoms with Crippen LogP contribution in [0.4, 0.5) is 0 Å². The molecule has 0 aliphatic rings. The van der Waals surface area contributed by atoms with E-state index >= 15 is 0 Å². The highest BCUT2D eigenvalue weighted by Gasteiger charge is 2.17. The molecule has 0 saturated heterocycles. The summed E-state index contributed by atoms with van der Waals surface area (Å²) in [6.07, 6.45) is 1.61. The normalized spacial score (nSPS) is 12.5. The average molecular weight is 255 g/mol. The SMILES string of the molecule is Cc1cc(Cl)cc(C(CCNC=O)C(C)C)n1. The summed E-state index contributed by atoms with van der Waals surface area (Å²) >= 11 is 6.05. The van der Waals surface area contributed by atoms with Crippen LogP contribution in [0.1, 0.15) is 37.6 Å². The number of rotatable bonds is 6. The summed E-state index contributed by atoms with van der Waals surface area (Å²) in [7, 11) is 0. The molecule has 0 aromatic carbocycles. The van der Waals surface area contributed by atoms with Gasteiger partial charge in [0.15, 0.2) is 0 Å². The Morgan fingerprint density at radius 1 is 1.47 bits per heavy atom. The largest absolute Gasteiger partial charge is 0.359 e. The number of aryl methyl sites for hydroxylation is 1. The molecule has 1 unspecified atom stereocenters. The van der Waals surface area contributed by atoms with Crippen LogP contribution in [-0.2, 0) is 4.79 Å². The maximum absolute atomic E-state index is 10.3. The highest BCUT2D eigenvalue weighted by molar-refractivity contribution is 6.30. The third-order valence-corrected chi connectivity index (χ3v) is 3.02. The summed E-state index contributed by atoms with van der Waals surface area (Å²) in [5.74, 6) is 0.786. The Hall–Kier alpha value is -1.09. The van der Waals surface area contributed by atoms with E-state index in [4.69, 9.17) is 11.6 Å². The number of amides is 1. The molecule has 0 fully saturated rings. The van der Waals surface area contributed by atoms with Crippen molar-refractivity contribution in [2.75, 3.05) is 6.54 Å². The van der Waals surface area contributed by atoms with Crippen LogP contribution in [-0.4, -0.2) is 17.9 Å². The zero-order valence-corrected chi connectivity index (χ0v) is 11.3. The second-order valence-corrected chi connectivity index (χ2v) is 5.00. The molecule has 0 radical (unpaired) electrons. The first kappa shape index (κ1) is 14.0. The summed E-state index contributed by atoms with van der Waals surface area (Å²) in [5, 5.41) is 3.41. The van der Waals surface area contributed by atoms with Gasteiger partial charge in [-0.1, -0.05) is 25.4 Å². The number of nitrogens with one attached hydrogen (secondary N) is 1. The number of hydrogen-bond acceptors (Lipinski definition) is 2. The molecular formula is C13H19ClN2O. The zero-order chi connectivity index (χ0) is 12.8. The molecular weight excluding hydrogens is 236 g/mol. The molecule has 94 valence electrons. The molecule has 1 N–H and O–H groups in total. The molecule has 1 rings (SSSR count). The Labute approximate surface area is 108 Å². The lowest BCUT2D eigenvalue weighted by Crippen LogP contribution is -2.18. The minimum atomic E-state index is 0.319. The van der Waals surface area contributed by atoms with Crippen LogP contribution in [0.25, 0.3) is 0 Å². The van der Waals surface area contributed by atoms with Crippen molar-refractivity contribution in [3.63, 3.8) is 0 Å². The van der Waals surface area contributed by atoms with Crippen molar-refractivity contribution in [3.8, 4) is 0 Å². The van der Waals surface area contributed by atoms with Gasteiger partial charge in [-0.15, -0.1) is 0 Å². The van der Waals surface area contributed by atoms with Crippen LogP contribution in [0.5, 0.6) is 0 Å². The number of carbonyl (C=O) groups is 1. The minimum absolute atomic E-state index is 0.319. The summed E-state index contributed by atoms with van der Waals surface area (Å²) in [4.78, 5) is 14.8. The van der Waals surface area contributed by atoms with E-state index in [9.17, 15) is 4.79 Å². The van der Waals surface area contributed by atoms with Crippen LogP contribution in [0.3, 0.4) is 0 Å². The van der Waals surface area contributed by atoms with E-state index in [0.717, 1.165) is 29.2 Å². The molecule has 0 aliphatic carbocycles. The quantitative estimate of drug-likeness (QED) is 0.627. The van der Waals surface area contributed by atoms with E-state index in [0.29, 0.717) is 18.4 Å². The Bertz CT molecular complexity index is 359. The van der Waals surface area contributed by atoms with Gasteiger partial charge in [0.2, 0.25) is 6.41 Å².